The van der Waals surface area contributed by atoms with Gasteiger partial charge in [0.2, 0.25) is 11.6 Å². The van der Waals surface area contributed by atoms with Gasteiger partial charge in [0, 0.05) is 66.9 Å². The lowest BCUT2D eigenvalue weighted by Gasteiger charge is -2.27. The van der Waals surface area contributed by atoms with E-state index in [9.17, 15) is 19.2 Å². The third kappa shape index (κ3) is 7.28. The van der Waals surface area contributed by atoms with Crippen LogP contribution in [-0.2, 0) is 39.6 Å². The molecule has 1 fully saturated rings. The molecule has 254 valence electrons. The topological polar surface area (TPSA) is 108 Å². The molecule has 5 rings (SSSR count). The summed E-state index contributed by atoms with van der Waals surface area (Å²) in [5, 5.41) is 3.29. The number of hydrogen-bond donors (Lipinski definition) is 1. The van der Waals surface area contributed by atoms with Crippen LogP contribution >= 0.6 is 0 Å². The van der Waals surface area contributed by atoms with Gasteiger partial charge in [-0.15, -0.1) is 5.06 Å². The van der Waals surface area contributed by atoms with Crippen LogP contribution in [0.5, 0.6) is 0 Å². The molecule has 0 spiro atoms. The lowest BCUT2D eigenvalue weighted by Crippen LogP contribution is -2.34. The highest BCUT2D eigenvalue weighted by atomic mass is 16.7. The van der Waals surface area contributed by atoms with E-state index in [-0.39, 0.29) is 42.7 Å². The molecule has 0 aliphatic carbocycles. The monoisotopic (exact) mass is 655 g/mol. The van der Waals surface area contributed by atoms with Crippen molar-refractivity contribution < 1.29 is 33.3 Å². The smallest absolute Gasteiger partial charge is 0.358 e. The number of fused-ring (bicyclic) bond motifs is 2. The molecule has 0 atom stereocenters. The number of nitrogens with zero attached hydrogens (tertiary/aromatic N) is 3. The molecule has 0 saturated carbocycles. The van der Waals surface area contributed by atoms with E-state index in [0.717, 1.165) is 25.8 Å². The fourth-order valence-corrected chi connectivity index (χ4v) is 6.94. The second kappa shape index (κ2) is 14.7. The van der Waals surface area contributed by atoms with Gasteiger partial charge in [0.25, 0.3) is 11.8 Å². The van der Waals surface area contributed by atoms with Crippen LogP contribution in [0.1, 0.15) is 77.3 Å². The van der Waals surface area contributed by atoms with E-state index in [0.29, 0.717) is 11.5 Å². The summed E-state index contributed by atoms with van der Waals surface area (Å²) in [5.41, 5.74) is 7.44. The highest BCUT2D eigenvalue weighted by Gasteiger charge is 2.43. The van der Waals surface area contributed by atoms with Crippen LogP contribution in [0.15, 0.2) is 72.5 Å². The highest BCUT2D eigenvalue weighted by molar-refractivity contribution is 6.03. The number of unbranched alkanes of at least 4 members (excludes halogenated alkanes) is 2. The lowest BCUT2D eigenvalue weighted by atomic mass is 9.81. The van der Waals surface area contributed by atoms with Gasteiger partial charge in [-0.25, -0.2) is 4.79 Å². The molecule has 1 saturated heterocycles. The number of ether oxygens (including phenoxy) is 1. The number of allylic oxidation sites excluding steroid dienone is 4. The van der Waals surface area contributed by atoms with E-state index in [1.165, 1.54) is 33.9 Å². The van der Waals surface area contributed by atoms with Crippen LogP contribution in [0.2, 0.25) is 0 Å². The molecule has 3 heterocycles. The number of amides is 3. The fourth-order valence-electron chi connectivity index (χ4n) is 6.94. The van der Waals surface area contributed by atoms with E-state index < -0.39 is 24.4 Å². The third-order valence-electron chi connectivity index (χ3n) is 9.52. The standard InChI is InChI=1S/C38H46N4O6/c1-37(2)27-14-8-10-16-29(27)40(5)31(37)18-13-19-32-38(3,4)28-15-9-11-17-30(28)41(32)24-12-6-7-20-33(43)39-23-25-47-26-36(46)48-42-34(44)21-22-35(42)45/h8-11,13-19H,6-7,12,20-26H2,1-5H3/p+1. The Bertz CT molecular complexity index is 1650. The molecule has 3 amide bonds. The Morgan fingerprint density at radius 1 is 0.917 bits per heavy atom. The van der Waals surface area contributed by atoms with Crippen molar-refractivity contribution in [1.29, 1.82) is 0 Å². The molecule has 0 bridgehead atoms. The zero-order valence-electron chi connectivity index (χ0n) is 28.7. The van der Waals surface area contributed by atoms with E-state index in [2.05, 4.69) is 116 Å². The Kier molecular flexibility index (Phi) is 10.6. The van der Waals surface area contributed by atoms with Crippen LogP contribution in [0.4, 0.5) is 11.4 Å². The quantitative estimate of drug-likeness (QED) is 0.169. The number of rotatable bonds is 14. The minimum atomic E-state index is -0.835. The van der Waals surface area contributed by atoms with Crippen molar-refractivity contribution >= 4 is 40.8 Å². The van der Waals surface area contributed by atoms with Gasteiger partial charge in [-0.1, -0.05) is 62.7 Å². The van der Waals surface area contributed by atoms with Gasteiger partial charge < -0.3 is 19.8 Å². The first-order valence-corrected chi connectivity index (χ1v) is 16.8. The molecule has 0 aromatic heterocycles. The lowest BCUT2D eigenvalue weighted by molar-refractivity contribution is -0.401. The number of imide groups is 1. The van der Waals surface area contributed by atoms with Crippen LogP contribution in [0.3, 0.4) is 0 Å². The Hall–Kier alpha value is -4.57. The molecule has 10 nitrogen and oxygen atoms in total. The maximum absolute atomic E-state index is 12.4. The van der Waals surface area contributed by atoms with Crippen LogP contribution in [0.25, 0.3) is 0 Å². The number of hydroxylamine groups is 2. The van der Waals surface area contributed by atoms with Crippen LogP contribution < -0.4 is 10.2 Å². The molecule has 3 aliphatic rings. The van der Waals surface area contributed by atoms with Gasteiger partial charge in [0.1, 0.15) is 13.7 Å². The van der Waals surface area contributed by atoms with Gasteiger partial charge in [-0.05, 0) is 44.4 Å². The Morgan fingerprint density at radius 2 is 1.60 bits per heavy atom. The number of nitrogens with one attached hydrogen (secondary N) is 1. The van der Waals surface area contributed by atoms with E-state index in [1.807, 2.05) is 0 Å². The largest absolute Gasteiger partial charge is 0.368 e. The second-order valence-corrected chi connectivity index (χ2v) is 13.5. The van der Waals surface area contributed by atoms with Crippen molar-refractivity contribution in [3.63, 3.8) is 0 Å². The van der Waals surface area contributed by atoms with Crippen molar-refractivity contribution in [2.45, 2.75) is 77.0 Å². The van der Waals surface area contributed by atoms with Gasteiger partial charge in [-0.2, -0.15) is 4.58 Å². The number of carbonyl (C=O) groups is 4. The molecule has 2 aromatic carbocycles. The number of hydrogen-bond acceptors (Lipinski definition) is 7. The number of para-hydroxylation sites is 2. The molecule has 1 N–H and O–H groups in total. The normalized spacial score (nSPS) is 18.6. The van der Waals surface area contributed by atoms with Crippen molar-refractivity contribution in [3.05, 3.63) is 83.6 Å². The molecule has 3 aliphatic heterocycles. The number of carbonyl (C=O) groups excluding carboxylic acids is 4. The van der Waals surface area contributed by atoms with Crippen LogP contribution in [-0.4, -0.2) is 72.4 Å². The summed E-state index contributed by atoms with van der Waals surface area (Å²) < 4.78 is 7.50. The van der Waals surface area contributed by atoms with Crippen molar-refractivity contribution in [1.82, 2.24) is 10.4 Å². The van der Waals surface area contributed by atoms with Crippen molar-refractivity contribution in [2.75, 3.05) is 38.3 Å². The maximum atomic E-state index is 12.4. The molecule has 0 radical (unpaired) electrons. The summed E-state index contributed by atoms with van der Waals surface area (Å²) >= 11 is 0. The van der Waals surface area contributed by atoms with E-state index in [1.54, 1.807) is 0 Å². The number of benzene rings is 2. The van der Waals surface area contributed by atoms with Gasteiger partial charge >= 0.3 is 5.97 Å². The average Bonchev–Trinajstić information content (AvgIpc) is 3.56. The Balaban J connectivity index is 1.09. The Morgan fingerprint density at radius 3 is 2.33 bits per heavy atom. The fraction of sp³-hybridized carbons (Fsp3) is 0.447. The Labute approximate surface area is 283 Å². The molecule has 48 heavy (non-hydrogen) atoms. The molecule has 0 unspecified atom stereocenters. The molecular weight excluding hydrogens is 608 g/mol. The highest BCUT2D eigenvalue weighted by Crippen LogP contribution is 2.47. The predicted octanol–water partition coefficient (Wildman–Crippen LogP) is 5.23. The average molecular weight is 656 g/mol. The first kappa shape index (κ1) is 34.8. The second-order valence-electron chi connectivity index (χ2n) is 13.5. The molecular formula is C38H47N4O6+. The first-order chi connectivity index (χ1) is 22.9. The summed E-state index contributed by atoms with van der Waals surface area (Å²) in [6.45, 7) is 9.92. The minimum Gasteiger partial charge on any atom is -0.368 e. The third-order valence-corrected chi connectivity index (χ3v) is 9.52. The summed E-state index contributed by atoms with van der Waals surface area (Å²) in [5.74, 6) is -1.99. The zero-order valence-corrected chi connectivity index (χ0v) is 28.7. The summed E-state index contributed by atoms with van der Waals surface area (Å²) in [7, 11) is 2.14. The first-order valence-electron chi connectivity index (χ1n) is 16.8. The van der Waals surface area contributed by atoms with Gasteiger partial charge in [0.05, 0.1) is 12.0 Å². The molecule has 2 aromatic rings. The van der Waals surface area contributed by atoms with Gasteiger partial charge in [-0.3, -0.25) is 14.4 Å². The van der Waals surface area contributed by atoms with Crippen molar-refractivity contribution in [3.8, 4) is 0 Å². The predicted molar refractivity (Wildman–Crippen MR) is 184 cm³/mol. The number of anilines is 1. The minimum absolute atomic E-state index is 0.0337. The van der Waals surface area contributed by atoms with Crippen molar-refractivity contribution in [2.24, 2.45) is 0 Å². The summed E-state index contributed by atoms with van der Waals surface area (Å²) in [6, 6.07) is 17.2. The van der Waals surface area contributed by atoms with Gasteiger partial charge in [0.15, 0.2) is 5.71 Å². The maximum Gasteiger partial charge on any atom is 0.358 e. The molecule has 10 heteroatoms. The van der Waals surface area contributed by atoms with E-state index >= 15 is 0 Å². The summed E-state index contributed by atoms with van der Waals surface area (Å²) in [4.78, 5) is 54.4. The van der Waals surface area contributed by atoms with E-state index in [4.69, 9.17) is 9.57 Å². The van der Waals surface area contributed by atoms with Crippen LogP contribution in [0, 0.1) is 0 Å². The SMILES string of the molecule is C[N+]1=C(/C=C/C=C2/N(CCCCCC(=O)NCCOCC(=O)ON3C(=O)CCC3=O)c3ccccc3C2(C)C)C(C)(C)c2ccccc21. The zero-order chi connectivity index (χ0) is 34.5. The summed E-state index contributed by atoms with van der Waals surface area (Å²) in [6.07, 6.45) is 9.78.